The van der Waals surface area contributed by atoms with Crippen molar-refractivity contribution < 1.29 is 0 Å². The molecule has 1 heteroatoms. The van der Waals surface area contributed by atoms with E-state index < -0.39 is 0 Å². The first-order chi connectivity index (χ1) is 4.85. The molecule has 0 aromatic carbocycles. The van der Waals surface area contributed by atoms with Gasteiger partial charge in [-0.25, -0.2) is 0 Å². The lowest BCUT2D eigenvalue weighted by molar-refractivity contribution is 0.530. The van der Waals surface area contributed by atoms with E-state index in [2.05, 4.69) is 24.6 Å². The van der Waals surface area contributed by atoms with E-state index in [0.29, 0.717) is 0 Å². The highest BCUT2D eigenvalue weighted by Gasteiger charge is 2.05. The highest BCUT2D eigenvalue weighted by Crippen LogP contribution is 1.83. The Balaban J connectivity index is 3.58. The van der Waals surface area contributed by atoms with E-state index in [1.165, 1.54) is 0 Å². The van der Waals surface area contributed by atoms with Gasteiger partial charge in [0.15, 0.2) is 0 Å². The molecule has 0 saturated carbocycles. The highest BCUT2D eigenvalue weighted by atomic mass is 15.9. The predicted molar refractivity (Wildman–Crippen MR) is 47.3 cm³/mol. The van der Waals surface area contributed by atoms with E-state index in [1.54, 1.807) is 0 Å². The fourth-order valence-electron chi connectivity index (χ4n) is 0.771. The van der Waals surface area contributed by atoms with Crippen molar-refractivity contribution in [1.29, 1.82) is 0 Å². The van der Waals surface area contributed by atoms with Gasteiger partial charge in [-0.3, -0.25) is 0 Å². The van der Waals surface area contributed by atoms with Crippen molar-refractivity contribution in [3.8, 4) is 0 Å². The molecule has 0 spiro atoms. The number of hydrogen-bond acceptors (Lipinski definition) is 1. The molecular formula is C9H15N+. The molecule has 1 radical (unpaired) electrons. The van der Waals surface area contributed by atoms with Gasteiger partial charge in [0, 0.05) is 0 Å². The quantitative estimate of drug-likeness (QED) is 0.394. The van der Waals surface area contributed by atoms with Crippen molar-refractivity contribution in [2.24, 2.45) is 0 Å². The molecule has 0 heterocycles. The first-order valence-electron chi connectivity index (χ1n) is 3.40. The Bertz CT molecular complexity index is 92.1. The van der Waals surface area contributed by atoms with Gasteiger partial charge in [-0.05, 0) is 18.2 Å². The van der Waals surface area contributed by atoms with E-state index in [9.17, 15) is 0 Å². The summed E-state index contributed by atoms with van der Waals surface area (Å²) in [6.07, 6.45) is 5.65. The molecule has 0 bridgehead atoms. The average Bonchev–Trinajstić information content (AvgIpc) is 1.90. The lowest BCUT2D eigenvalue weighted by atomic mass is 11.0. The van der Waals surface area contributed by atoms with Crippen LogP contribution in [0.3, 0.4) is 0 Å². The van der Waals surface area contributed by atoms with Crippen molar-refractivity contribution in [1.82, 2.24) is 4.90 Å². The lowest BCUT2D eigenvalue weighted by Crippen LogP contribution is -2.30. The fraction of sp³-hybridized carbons (Fsp3) is 0.333. The molecule has 0 rings (SSSR count). The zero-order chi connectivity index (χ0) is 7.82. The maximum Gasteiger partial charge on any atom is 0.141 e. The van der Waals surface area contributed by atoms with Gasteiger partial charge in [-0.1, -0.05) is 19.7 Å². The van der Waals surface area contributed by atoms with Gasteiger partial charge in [0.2, 0.25) is 0 Å². The third kappa shape index (κ3) is 4.10. The molecule has 0 amide bonds. The molecule has 0 aliphatic carbocycles. The first-order valence-corrected chi connectivity index (χ1v) is 3.40. The zero-order valence-corrected chi connectivity index (χ0v) is 6.42. The maximum absolute atomic E-state index is 3.65. The van der Waals surface area contributed by atoms with Crippen molar-refractivity contribution in [2.45, 2.75) is 0 Å². The van der Waals surface area contributed by atoms with Crippen molar-refractivity contribution >= 4 is 0 Å². The summed E-state index contributed by atoms with van der Waals surface area (Å²) in [5.74, 6) is 0. The number of nitrogens with zero attached hydrogens (tertiary/aromatic N) is 1. The van der Waals surface area contributed by atoms with Gasteiger partial charge >= 0.3 is 0 Å². The topological polar surface area (TPSA) is 5.90 Å². The van der Waals surface area contributed by atoms with Gasteiger partial charge in [0.1, 0.15) is 19.6 Å². The Morgan fingerprint density at radius 2 is 1.10 bits per heavy atom. The molecule has 10 heavy (non-hydrogen) atoms. The molecule has 0 aliphatic rings. The highest BCUT2D eigenvalue weighted by molar-refractivity contribution is 4.87. The van der Waals surface area contributed by atoms with Crippen molar-refractivity contribution in [3.63, 3.8) is 0 Å². The van der Waals surface area contributed by atoms with Gasteiger partial charge in [0.05, 0.1) is 0 Å². The molecule has 0 N–H and O–H groups in total. The summed E-state index contributed by atoms with van der Waals surface area (Å²) in [5, 5.41) is 0. The Kier molecular flexibility index (Phi) is 5.79. The van der Waals surface area contributed by atoms with Crippen LogP contribution in [0.2, 0.25) is 0 Å². The first kappa shape index (κ1) is 9.18. The smallest absolute Gasteiger partial charge is 0.141 e. The number of hydrogen-bond donors (Lipinski definition) is 0. The largest absolute Gasteiger partial charge is 0.159 e. The molecule has 1 nitrogen and oxygen atoms in total. The molecule has 0 aromatic rings. The van der Waals surface area contributed by atoms with E-state index in [0.717, 1.165) is 19.6 Å². The molecule has 0 saturated heterocycles. The second-order valence-corrected chi connectivity index (χ2v) is 2.08. The van der Waals surface area contributed by atoms with Crippen LogP contribution in [-0.2, 0) is 0 Å². The van der Waals surface area contributed by atoms with Crippen LogP contribution in [0.1, 0.15) is 0 Å². The minimum absolute atomic E-state index is 0.901. The Labute approximate surface area is 63.3 Å². The van der Waals surface area contributed by atoms with Gasteiger partial charge in [-0.15, -0.1) is 0 Å². The summed E-state index contributed by atoms with van der Waals surface area (Å²) < 4.78 is 0. The Morgan fingerprint density at radius 1 is 0.800 bits per heavy atom. The van der Waals surface area contributed by atoms with Gasteiger partial charge in [0.25, 0.3) is 0 Å². The summed E-state index contributed by atoms with van der Waals surface area (Å²) in [6, 6.07) is 0. The lowest BCUT2D eigenvalue weighted by Gasteiger charge is -2.03. The third-order valence-corrected chi connectivity index (χ3v) is 1.16. The second-order valence-electron chi connectivity index (χ2n) is 2.08. The summed E-state index contributed by atoms with van der Waals surface area (Å²) >= 11 is 0. The fourth-order valence-corrected chi connectivity index (χ4v) is 0.771. The summed E-state index contributed by atoms with van der Waals surface area (Å²) in [7, 11) is 0. The van der Waals surface area contributed by atoms with Crippen molar-refractivity contribution in [2.75, 3.05) is 19.6 Å². The zero-order valence-electron chi connectivity index (χ0n) is 6.42. The molecular weight excluding hydrogens is 128 g/mol. The predicted octanol–water partition coefficient (Wildman–Crippen LogP) is 1.68. The normalized spacial score (nSPS) is 9.30. The molecule has 55 valence electrons. The van der Waals surface area contributed by atoms with E-state index in [1.807, 2.05) is 18.2 Å². The molecule has 0 unspecified atom stereocenters. The minimum atomic E-state index is 0.901. The van der Waals surface area contributed by atoms with Crippen LogP contribution in [-0.4, -0.2) is 19.6 Å². The van der Waals surface area contributed by atoms with Crippen LogP contribution >= 0.6 is 0 Å². The monoisotopic (exact) mass is 143 g/mol. The van der Waals surface area contributed by atoms with Gasteiger partial charge < -0.3 is 0 Å². The summed E-state index contributed by atoms with van der Waals surface area (Å²) in [4.78, 5) is 2.19. The molecule has 0 fully saturated rings. The molecule has 0 atom stereocenters. The summed E-state index contributed by atoms with van der Waals surface area (Å²) in [6.45, 7) is 13.7. The summed E-state index contributed by atoms with van der Waals surface area (Å²) in [5.41, 5.74) is 0. The SMILES string of the molecule is C=C[14CH2][N+]([14CH2]C=C)[14CH2]C=C. The maximum atomic E-state index is 3.65. The van der Waals surface area contributed by atoms with E-state index >= 15 is 0 Å². The van der Waals surface area contributed by atoms with Crippen LogP contribution in [0.15, 0.2) is 38.0 Å². The minimum Gasteiger partial charge on any atom is -0.159 e. The Morgan fingerprint density at radius 3 is 1.30 bits per heavy atom. The second kappa shape index (κ2) is 6.30. The number of rotatable bonds is 6. The molecule has 0 aromatic heterocycles. The van der Waals surface area contributed by atoms with Crippen LogP contribution in [0.25, 0.3) is 0 Å². The standard InChI is InChI=1S/C9H15N/c1-4-7-10(8-5-2)9-6-3/h4-6H,1-3,7-9H2/q+1/i7+2,8+2,9+2. The van der Waals surface area contributed by atoms with Crippen LogP contribution in [0.4, 0.5) is 0 Å². The van der Waals surface area contributed by atoms with Crippen molar-refractivity contribution in [3.05, 3.63) is 38.0 Å². The van der Waals surface area contributed by atoms with E-state index in [-0.39, 0.29) is 0 Å². The molecule has 0 aliphatic heterocycles. The van der Waals surface area contributed by atoms with Gasteiger partial charge in [-0.2, -0.15) is 4.90 Å². The van der Waals surface area contributed by atoms with Crippen LogP contribution < -0.4 is 4.90 Å². The Hall–Kier alpha value is -0.820. The third-order valence-electron chi connectivity index (χ3n) is 1.16. The van der Waals surface area contributed by atoms with Crippen LogP contribution in [0, 0.1) is 0 Å². The average molecular weight is 143 g/mol. The van der Waals surface area contributed by atoms with Crippen LogP contribution in [0.5, 0.6) is 0 Å². The van der Waals surface area contributed by atoms with E-state index in [4.69, 9.17) is 0 Å².